The molecule has 3 aromatic rings. The fourth-order valence-corrected chi connectivity index (χ4v) is 5.81. The van der Waals surface area contributed by atoms with Gasteiger partial charge in [-0.25, -0.2) is 18.4 Å². The third-order valence-electron chi connectivity index (χ3n) is 5.65. The Morgan fingerprint density at radius 1 is 1.00 bits per heavy atom. The van der Waals surface area contributed by atoms with E-state index in [9.17, 15) is 8.42 Å². The minimum absolute atomic E-state index is 0.0165. The van der Waals surface area contributed by atoms with Crippen molar-refractivity contribution < 1.29 is 17.9 Å². The van der Waals surface area contributed by atoms with Crippen LogP contribution < -0.4 is 15.2 Å². The summed E-state index contributed by atoms with van der Waals surface area (Å²) in [4.78, 5) is 8.88. The van der Waals surface area contributed by atoms with Gasteiger partial charge in [0.1, 0.15) is 29.4 Å². The van der Waals surface area contributed by atoms with Crippen LogP contribution in [0, 0.1) is 0 Å². The number of benzene rings is 1. The summed E-state index contributed by atoms with van der Waals surface area (Å²) in [5.41, 5.74) is 7.29. The molecule has 1 aliphatic heterocycles. The van der Waals surface area contributed by atoms with Crippen LogP contribution in [-0.4, -0.2) is 36.2 Å². The van der Waals surface area contributed by atoms with Gasteiger partial charge in [-0.2, -0.15) is 0 Å². The smallest absolute Gasteiger partial charge is 0.212 e. The number of nitrogens with zero attached hydrogens (tertiary/aromatic N) is 3. The maximum absolute atomic E-state index is 13.6. The highest BCUT2D eigenvalue weighted by Gasteiger charge is 2.33. The molecule has 0 atom stereocenters. The molecule has 1 aliphatic carbocycles. The van der Waals surface area contributed by atoms with Gasteiger partial charge in [0.25, 0.3) is 0 Å². The molecule has 2 aliphatic rings. The summed E-state index contributed by atoms with van der Waals surface area (Å²) in [5.74, 6) is 1.15. The van der Waals surface area contributed by atoms with Gasteiger partial charge >= 0.3 is 0 Å². The van der Waals surface area contributed by atoms with E-state index in [1.54, 1.807) is 12.3 Å². The Morgan fingerprint density at radius 3 is 2.52 bits per heavy atom. The Balaban J connectivity index is 1.69. The highest BCUT2D eigenvalue weighted by molar-refractivity contribution is 7.92. The van der Waals surface area contributed by atoms with Crippen LogP contribution in [0.2, 0.25) is 0 Å². The Kier molecular flexibility index (Phi) is 4.34. The second-order valence-corrected chi connectivity index (χ2v) is 9.30. The molecule has 1 aromatic carbocycles. The summed E-state index contributed by atoms with van der Waals surface area (Å²) in [6.07, 6.45) is 8.34. The van der Waals surface area contributed by atoms with Crippen LogP contribution in [0.5, 0.6) is 11.5 Å². The number of hydrogen-bond acceptors (Lipinski definition) is 7. The van der Waals surface area contributed by atoms with Gasteiger partial charge in [-0.3, -0.25) is 0 Å². The molecule has 0 saturated heterocycles. The summed E-state index contributed by atoms with van der Waals surface area (Å²) >= 11 is 0. The van der Waals surface area contributed by atoms with Crippen LogP contribution >= 0.6 is 0 Å². The predicted octanol–water partition coefficient (Wildman–Crippen LogP) is 3.12. The Hall–Kier alpha value is -2.81. The van der Waals surface area contributed by atoms with Gasteiger partial charge in [0, 0.05) is 24.5 Å². The van der Waals surface area contributed by atoms with Crippen LogP contribution in [0.4, 0.5) is 5.82 Å². The summed E-state index contributed by atoms with van der Waals surface area (Å²) in [6, 6.07) is 4.75. The lowest BCUT2D eigenvalue weighted by Gasteiger charge is -2.24. The van der Waals surface area contributed by atoms with Crippen LogP contribution in [-0.2, 0) is 9.84 Å². The van der Waals surface area contributed by atoms with Gasteiger partial charge in [-0.05, 0) is 25.0 Å². The zero-order valence-electron chi connectivity index (χ0n) is 15.9. The first-order chi connectivity index (χ1) is 14.1. The average molecular weight is 414 g/mol. The molecule has 1 saturated carbocycles. The standard InChI is InChI=1S/C20H22N4O4S/c21-19-18(29(25,26)14-6-7-15-16(12-14)28-11-10-27-15)17-20(23-9-8-22-17)24(19)13-4-2-1-3-5-13/h6-9,12-13H,1-5,10-11,21H2. The third kappa shape index (κ3) is 2.91. The molecule has 0 amide bonds. The van der Waals surface area contributed by atoms with Crippen molar-refractivity contribution in [1.29, 1.82) is 0 Å². The first-order valence-corrected chi connectivity index (χ1v) is 11.3. The molecule has 2 aromatic heterocycles. The zero-order chi connectivity index (χ0) is 20.0. The number of nitrogens with two attached hydrogens (primary N) is 1. The van der Waals surface area contributed by atoms with E-state index >= 15 is 0 Å². The average Bonchev–Trinajstić information content (AvgIpc) is 3.06. The van der Waals surface area contributed by atoms with E-state index in [2.05, 4.69) is 9.97 Å². The van der Waals surface area contributed by atoms with Crippen LogP contribution in [0.3, 0.4) is 0 Å². The van der Waals surface area contributed by atoms with Crippen molar-refractivity contribution in [3.63, 3.8) is 0 Å². The normalized spacial score (nSPS) is 17.5. The lowest BCUT2D eigenvalue weighted by Crippen LogP contribution is -2.17. The fraction of sp³-hybridized carbons (Fsp3) is 0.400. The molecule has 0 radical (unpaired) electrons. The number of rotatable bonds is 3. The molecule has 0 spiro atoms. The molecule has 5 rings (SSSR count). The largest absolute Gasteiger partial charge is 0.486 e. The molecule has 152 valence electrons. The number of nitrogen functional groups attached to an aromatic ring is 1. The quantitative estimate of drug-likeness (QED) is 0.701. The third-order valence-corrected chi connectivity index (χ3v) is 7.46. The molecule has 3 heterocycles. The SMILES string of the molecule is Nc1c(S(=O)(=O)c2ccc3c(c2)OCCO3)c2nccnc2n1C1CCCCC1. The van der Waals surface area contributed by atoms with E-state index in [1.165, 1.54) is 24.8 Å². The number of sulfone groups is 1. The van der Waals surface area contributed by atoms with Gasteiger partial charge in [0.2, 0.25) is 9.84 Å². The molecule has 29 heavy (non-hydrogen) atoms. The van der Waals surface area contributed by atoms with Crippen molar-refractivity contribution >= 4 is 26.8 Å². The second kappa shape index (κ2) is 6.91. The molecular weight excluding hydrogens is 392 g/mol. The van der Waals surface area contributed by atoms with Crippen molar-refractivity contribution in [3.05, 3.63) is 30.6 Å². The van der Waals surface area contributed by atoms with Gasteiger partial charge < -0.3 is 19.8 Å². The zero-order valence-corrected chi connectivity index (χ0v) is 16.7. The molecule has 8 nitrogen and oxygen atoms in total. The Labute approximate surface area is 168 Å². The minimum atomic E-state index is -3.93. The van der Waals surface area contributed by atoms with Crippen molar-refractivity contribution in [1.82, 2.24) is 14.5 Å². The van der Waals surface area contributed by atoms with E-state index in [0.717, 1.165) is 25.7 Å². The summed E-state index contributed by atoms with van der Waals surface area (Å²) < 4.78 is 40.1. The lowest BCUT2D eigenvalue weighted by molar-refractivity contribution is 0.171. The molecule has 0 unspecified atom stereocenters. The Morgan fingerprint density at radius 2 is 1.72 bits per heavy atom. The van der Waals surface area contributed by atoms with E-state index in [0.29, 0.717) is 35.9 Å². The number of fused-ring (bicyclic) bond motifs is 2. The number of ether oxygens (including phenoxy) is 2. The van der Waals surface area contributed by atoms with Crippen molar-refractivity contribution in [2.45, 2.75) is 47.9 Å². The van der Waals surface area contributed by atoms with Gasteiger partial charge in [-0.15, -0.1) is 0 Å². The minimum Gasteiger partial charge on any atom is -0.486 e. The fourth-order valence-electron chi connectivity index (χ4n) is 4.29. The predicted molar refractivity (Wildman–Crippen MR) is 107 cm³/mol. The van der Waals surface area contributed by atoms with Gasteiger partial charge in [0.15, 0.2) is 17.1 Å². The molecular formula is C20H22N4O4S. The molecule has 0 bridgehead atoms. The maximum atomic E-state index is 13.6. The lowest BCUT2D eigenvalue weighted by atomic mass is 9.95. The van der Waals surface area contributed by atoms with Gasteiger partial charge in [0.05, 0.1) is 4.90 Å². The highest BCUT2D eigenvalue weighted by Crippen LogP contribution is 2.41. The number of anilines is 1. The van der Waals surface area contributed by atoms with Crippen molar-refractivity contribution in [2.75, 3.05) is 18.9 Å². The number of hydrogen-bond donors (Lipinski definition) is 1. The first-order valence-electron chi connectivity index (χ1n) is 9.82. The van der Waals surface area contributed by atoms with E-state index < -0.39 is 9.84 Å². The summed E-state index contributed by atoms with van der Waals surface area (Å²) in [5, 5.41) is 0. The van der Waals surface area contributed by atoms with Crippen LogP contribution in [0.15, 0.2) is 40.4 Å². The van der Waals surface area contributed by atoms with E-state index in [-0.39, 0.29) is 21.7 Å². The van der Waals surface area contributed by atoms with Crippen molar-refractivity contribution in [2.24, 2.45) is 0 Å². The summed E-state index contributed by atoms with van der Waals surface area (Å²) in [7, 11) is -3.93. The second-order valence-electron chi connectivity index (χ2n) is 7.41. The monoisotopic (exact) mass is 414 g/mol. The Bertz CT molecular complexity index is 1180. The highest BCUT2D eigenvalue weighted by atomic mass is 32.2. The van der Waals surface area contributed by atoms with E-state index in [1.807, 2.05) is 4.57 Å². The van der Waals surface area contributed by atoms with Gasteiger partial charge in [-0.1, -0.05) is 19.3 Å². The maximum Gasteiger partial charge on any atom is 0.212 e. The molecule has 9 heteroatoms. The van der Waals surface area contributed by atoms with Crippen LogP contribution in [0.1, 0.15) is 38.1 Å². The van der Waals surface area contributed by atoms with E-state index in [4.69, 9.17) is 15.2 Å². The summed E-state index contributed by atoms with van der Waals surface area (Å²) in [6.45, 7) is 0.821. The van der Waals surface area contributed by atoms with Crippen LogP contribution in [0.25, 0.3) is 11.2 Å². The number of aromatic nitrogens is 3. The van der Waals surface area contributed by atoms with Crippen molar-refractivity contribution in [3.8, 4) is 11.5 Å². The molecule has 2 N–H and O–H groups in total. The molecule has 1 fully saturated rings. The topological polar surface area (TPSA) is 109 Å². The first kappa shape index (κ1) is 18.2.